The van der Waals surface area contributed by atoms with Crippen molar-refractivity contribution in [1.29, 1.82) is 0 Å². The number of Topliss-reactive ketones (excluding diaryl/α,β-unsaturated/α-hetero) is 1. The Bertz CT molecular complexity index is 931. The van der Waals surface area contributed by atoms with Gasteiger partial charge in [-0.25, -0.2) is 0 Å². The summed E-state index contributed by atoms with van der Waals surface area (Å²) in [5.74, 6) is -0.214. The molecule has 0 saturated heterocycles. The molecule has 0 radical (unpaired) electrons. The minimum atomic E-state index is -0.523. The third kappa shape index (κ3) is 5.84. The van der Waals surface area contributed by atoms with Gasteiger partial charge in [-0.2, -0.15) is 0 Å². The Labute approximate surface area is 197 Å². The molecule has 1 aromatic carbocycles. The number of phenolic OH excluding ortho intramolecular Hbond substituents is 2. The standard InChI is InChI=1S/C27H38O6/c1-7-8-25(31)33-24(14-27(6)18(4)10-12-22(29)19(27)5)16(2)9-11-20-23(30)13-17(3)21(15-28)26(20)32/h9,13,15,18-19,24,30,32H,7-8,10-12,14H2,1-6H3. The summed E-state index contributed by atoms with van der Waals surface area (Å²) < 4.78 is 5.87. The molecule has 0 amide bonds. The highest BCUT2D eigenvalue weighted by molar-refractivity contribution is 5.83. The highest BCUT2D eigenvalue weighted by Crippen LogP contribution is 2.48. The Hall–Kier alpha value is -2.63. The fourth-order valence-electron chi connectivity index (χ4n) is 4.78. The zero-order valence-corrected chi connectivity index (χ0v) is 20.7. The summed E-state index contributed by atoms with van der Waals surface area (Å²) in [7, 11) is 0. The van der Waals surface area contributed by atoms with Crippen LogP contribution >= 0.6 is 0 Å². The molecule has 0 heterocycles. The lowest BCUT2D eigenvalue weighted by molar-refractivity contribution is -0.150. The molecule has 0 bridgehead atoms. The van der Waals surface area contributed by atoms with Gasteiger partial charge in [0.25, 0.3) is 0 Å². The summed E-state index contributed by atoms with van der Waals surface area (Å²) in [5, 5.41) is 20.8. The van der Waals surface area contributed by atoms with Gasteiger partial charge in [0.05, 0.1) is 5.56 Å². The minimum absolute atomic E-state index is 0.0914. The molecule has 0 aliphatic heterocycles. The molecule has 1 aromatic rings. The molecule has 1 aliphatic carbocycles. The number of ketones is 1. The molecule has 2 rings (SSSR count). The highest BCUT2D eigenvalue weighted by atomic mass is 16.5. The van der Waals surface area contributed by atoms with Crippen LogP contribution < -0.4 is 0 Å². The van der Waals surface area contributed by atoms with E-state index in [0.29, 0.717) is 43.5 Å². The number of aldehydes is 1. The zero-order valence-electron chi connectivity index (χ0n) is 20.7. The second-order valence-electron chi connectivity index (χ2n) is 9.79. The average molecular weight is 459 g/mol. The summed E-state index contributed by atoms with van der Waals surface area (Å²) in [6, 6.07) is 1.46. The lowest BCUT2D eigenvalue weighted by Gasteiger charge is -2.45. The monoisotopic (exact) mass is 458 g/mol. The van der Waals surface area contributed by atoms with Gasteiger partial charge in [0, 0.05) is 24.3 Å². The van der Waals surface area contributed by atoms with Gasteiger partial charge in [0.15, 0.2) is 6.29 Å². The van der Waals surface area contributed by atoms with Gasteiger partial charge < -0.3 is 14.9 Å². The first-order chi connectivity index (χ1) is 15.5. The second-order valence-corrected chi connectivity index (χ2v) is 9.79. The van der Waals surface area contributed by atoms with Crippen LogP contribution in [0.15, 0.2) is 17.7 Å². The van der Waals surface area contributed by atoms with Crippen LogP contribution in [0, 0.1) is 24.2 Å². The van der Waals surface area contributed by atoms with E-state index >= 15 is 0 Å². The minimum Gasteiger partial charge on any atom is -0.508 e. The summed E-state index contributed by atoms with van der Waals surface area (Å²) >= 11 is 0. The van der Waals surface area contributed by atoms with Gasteiger partial charge in [-0.3, -0.25) is 14.4 Å². The number of phenols is 2. The van der Waals surface area contributed by atoms with E-state index in [0.717, 1.165) is 12.0 Å². The van der Waals surface area contributed by atoms with E-state index in [-0.39, 0.29) is 52.1 Å². The topological polar surface area (TPSA) is 101 Å². The van der Waals surface area contributed by atoms with E-state index in [2.05, 4.69) is 13.8 Å². The molecule has 4 unspecified atom stereocenters. The maximum Gasteiger partial charge on any atom is 0.306 e. The molecule has 6 nitrogen and oxygen atoms in total. The van der Waals surface area contributed by atoms with Crippen molar-refractivity contribution in [1.82, 2.24) is 0 Å². The van der Waals surface area contributed by atoms with Crippen molar-refractivity contribution < 1.29 is 29.3 Å². The van der Waals surface area contributed by atoms with Crippen LogP contribution in [0.4, 0.5) is 0 Å². The number of esters is 1. The average Bonchev–Trinajstić information content (AvgIpc) is 2.74. The van der Waals surface area contributed by atoms with Crippen molar-refractivity contribution in [3.63, 3.8) is 0 Å². The number of hydrogen-bond acceptors (Lipinski definition) is 6. The van der Waals surface area contributed by atoms with Crippen LogP contribution in [0.25, 0.3) is 0 Å². The van der Waals surface area contributed by atoms with Gasteiger partial charge in [0.2, 0.25) is 0 Å². The molecule has 1 aliphatic rings. The molecule has 1 fully saturated rings. The number of hydrogen-bond donors (Lipinski definition) is 2. The van der Waals surface area contributed by atoms with E-state index < -0.39 is 6.10 Å². The Balaban J connectivity index is 2.37. The molecular formula is C27H38O6. The number of allylic oxidation sites excluding steroid dienone is 1. The largest absolute Gasteiger partial charge is 0.508 e. The number of aryl methyl sites for hydroxylation is 1. The first-order valence-electron chi connectivity index (χ1n) is 11.8. The van der Waals surface area contributed by atoms with E-state index in [4.69, 9.17) is 4.74 Å². The summed E-state index contributed by atoms with van der Waals surface area (Å²) in [6.07, 6.45) is 4.94. The molecule has 1 saturated carbocycles. The van der Waals surface area contributed by atoms with E-state index in [1.165, 1.54) is 6.07 Å². The van der Waals surface area contributed by atoms with Crippen molar-refractivity contribution >= 4 is 18.0 Å². The Morgan fingerprint density at radius 3 is 2.61 bits per heavy atom. The van der Waals surface area contributed by atoms with Crippen molar-refractivity contribution in [3.8, 4) is 11.5 Å². The second kappa shape index (κ2) is 11.0. The SMILES string of the molecule is CCCC(=O)OC(CC1(C)C(C)CCC(=O)C1C)C(C)=CCc1c(O)cc(C)c(C=O)c1O. The predicted octanol–water partition coefficient (Wildman–Crippen LogP) is 5.45. The maximum atomic E-state index is 12.5. The summed E-state index contributed by atoms with van der Waals surface area (Å²) in [4.78, 5) is 36.2. The number of carbonyl (C=O) groups is 3. The van der Waals surface area contributed by atoms with E-state index in [1.54, 1.807) is 6.92 Å². The Kier molecular flexibility index (Phi) is 8.87. The van der Waals surface area contributed by atoms with Crippen LogP contribution in [0.1, 0.15) is 88.2 Å². The number of rotatable bonds is 9. The molecule has 4 atom stereocenters. The van der Waals surface area contributed by atoms with Crippen molar-refractivity contribution in [2.24, 2.45) is 17.3 Å². The van der Waals surface area contributed by atoms with Crippen molar-refractivity contribution in [2.45, 2.75) is 86.2 Å². The zero-order chi connectivity index (χ0) is 24.9. The number of benzene rings is 1. The number of aromatic hydroxyl groups is 2. The Morgan fingerprint density at radius 2 is 2.00 bits per heavy atom. The molecular weight excluding hydrogens is 420 g/mol. The van der Waals surface area contributed by atoms with Crippen LogP contribution in [-0.4, -0.2) is 34.4 Å². The molecule has 0 spiro atoms. The third-order valence-electron chi connectivity index (χ3n) is 7.66. The lowest BCUT2D eigenvalue weighted by atomic mass is 9.59. The van der Waals surface area contributed by atoms with Crippen LogP contribution in [0.3, 0.4) is 0 Å². The summed E-state index contributed by atoms with van der Waals surface area (Å²) in [5.41, 5.74) is 1.36. The normalized spacial score (nSPS) is 24.4. The Morgan fingerprint density at radius 1 is 1.33 bits per heavy atom. The van der Waals surface area contributed by atoms with Crippen LogP contribution in [-0.2, 0) is 20.7 Å². The van der Waals surface area contributed by atoms with E-state index in [1.807, 2.05) is 26.8 Å². The first-order valence-corrected chi connectivity index (χ1v) is 11.8. The first kappa shape index (κ1) is 26.6. The smallest absolute Gasteiger partial charge is 0.306 e. The summed E-state index contributed by atoms with van der Waals surface area (Å²) in [6.45, 7) is 11.6. The predicted molar refractivity (Wildman–Crippen MR) is 127 cm³/mol. The van der Waals surface area contributed by atoms with E-state index in [9.17, 15) is 24.6 Å². The van der Waals surface area contributed by atoms with Crippen LogP contribution in [0.2, 0.25) is 0 Å². The lowest BCUT2D eigenvalue weighted by Crippen LogP contribution is -2.44. The van der Waals surface area contributed by atoms with Gasteiger partial charge in [0.1, 0.15) is 23.4 Å². The fourth-order valence-corrected chi connectivity index (χ4v) is 4.78. The van der Waals surface area contributed by atoms with Gasteiger partial charge >= 0.3 is 5.97 Å². The quantitative estimate of drug-likeness (QED) is 0.290. The molecule has 182 valence electrons. The fraction of sp³-hybridized carbons (Fsp3) is 0.593. The van der Waals surface area contributed by atoms with Crippen molar-refractivity contribution in [3.05, 3.63) is 34.4 Å². The third-order valence-corrected chi connectivity index (χ3v) is 7.66. The molecule has 33 heavy (non-hydrogen) atoms. The number of ether oxygens (including phenoxy) is 1. The van der Waals surface area contributed by atoms with Gasteiger partial charge in [-0.1, -0.05) is 33.8 Å². The molecule has 2 N–H and O–H groups in total. The van der Waals surface area contributed by atoms with Gasteiger partial charge in [-0.05, 0) is 68.1 Å². The maximum absolute atomic E-state index is 12.5. The highest BCUT2D eigenvalue weighted by Gasteiger charge is 2.45. The number of carbonyl (C=O) groups excluding carboxylic acids is 3. The van der Waals surface area contributed by atoms with Gasteiger partial charge in [-0.15, -0.1) is 0 Å². The van der Waals surface area contributed by atoms with Crippen LogP contribution in [0.5, 0.6) is 11.5 Å². The molecule has 0 aromatic heterocycles. The molecule has 6 heteroatoms. The van der Waals surface area contributed by atoms with Crippen molar-refractivity contribution in [2.75, 3.05) is 0 Å².